The average molecular weight is 895 g/mol. The van der Waals surface area contributed by atoms with Crippen molar-refractivity contribution >= 4 is 88.0 Å². The van der Waals surface area contributed by atoms with E-state index in [9.17, 15) is 0 Å². The molecule has 0 aliphatic heterocycles. The Hall–Kier alpha value is -8.46. The zero-order valence-corrected chi connectivity index (χ0v) is 39.8. The number of benzene rings is 12. The summed E-state index contributed by atoms with van der Waals surface area (Å²) in [7, 11) is 0. The van der Waals surface area contributed by atoms with E-state index in [0.717, 1.165) is 34.1 Å². The molecule has 2 heteroatoms. The van der Waals surface area contributed by atoms with E-state index in [-0.39, 0.29) is 10.8 Å². The number of hydrogen-bond donors (Lipinski definition) is 0. The normalized spacial score (nSPS) is 13.9. The van der Waals surface area contributed by atoms with Gasteiger partial charge >= 0.3 is 0 Å². The molecule has 12 aromatic carbocycles. The third-order valence-corrected chi connectivity index (χ3v) is 15.9. The fourth-order valence-corrected chi connectivity index (χ4v) is 12.3. The van der Waals surface area contributed by atoms with Crippen molar-refractivity contribution in [3.63, 3.8) is 0 Å². The summed E-state index contributed by atoms with van der Waals surface area (Å²) in [5.41, 5.74) is 17.1. The van der Waals surface area contributed by atoms with Crippen LogP contribution >= 0.6 is 0 Å². The first kappa shape index (κ1) is 40.6. The molecule has 14 rings (SSSR count). The van der Waals surface area contributed by atoms with Crippen molar-refractivity contribution in [1.29, 1.82) is 0 Å². The van der Waals surface area contributed by atoms with E-state index < -0.39 is 0 Å². The number of rotatable bonds is 6. The topological polar surface area (TPSA) is 6.48 Å². The van der Waals surface area contributed by atoms with E-state index in [1.54, 1.807) is 0 Å². The molecule has 0 radical (unpaired) electrons. The van der Waals surface area contributed by atoms with Gasteiger partial charge in [0.25, 0.3) is 0 Å². The Morgan fingerprint density at radius 2 is 0.614 bits per heavy atom. The van der Waals surface area contributed by atoms with Crippen molar-refractivity contribution in [2.75, 3.05) is 9.80 Å². The summed E-state index contributed by atoms with van der Waals surface area (Å²) in [6, 6.07) is 86.2. The van der Waals surface area contributed by atoms with Crippen LogP contribution in [-0.2, 0) is 10.8 Å². The zero-order valence-electron chi connectivity index (χ0n) is 39.8. The van der Waals surface area contributed by atoms with E-state index in [1.807, 2.05) is 0 Å². The summed E-state index contributed by atoms with van der Waals surface area (Å²) in [5, 5.41) is 12.6. The standard InChI is InChI=1S/C68H50N2/c1-67(2)61-23-13-22-59-65-58-35-33-56(70(53-30-26-45-16-7-11-20-49(45)38-53)54-31-27-46-17-8-12-21-50(46)39-54)41-63(58)68(3,4)64(65)42-60(66(59)61)57-34-32-55(40-62(57)67)69(51-28-24-43-14-5-9-18-47(43)36-51)52-29-25-44-15-6-10-19-48(44)37-52/h5-42H,1-4H3. The van der Waals surface area contributed by atoms with Crippen LogP contribution in [0.15, 0.2) is 231 Å². The van der Waals surface area contributed by atoms with Crippen LogP contribution in [0.1, 0.15) is 49.9 Å². The molecule has 2 aliphatic carbocycles. The highest BCUT2D eigenvalue weighted by Gasteiger charge is 2.41. The maximum absolute atomic E-state index is 2.56. The lowest BCUT2D eigenvalue weighted by Gasteiger charge is -2.37. The predicted molar refractivity (Wildman–Crippen MR) is 298 cm³/mol. The Morgan fingerprint density at radius 3 is 1.06 bits per heavy atom. The second-order valence-electron chi connectivity index (χ2n) is 20.6. The summed E-state index contributed by atoms with van der Waals surface area (Å²) in [6.07, 6.45) is 0. The largest absolute Gasteiger partial charge is 0.310 e. The van der Waals surface area contributed by atoms with Crippen LogP contribution in [0.25, 0.3) is 76.1 Å². The van der Waals surface area contributed by atoms with Gasteiger partial charge in [-0.1, -0.05) is 179 Å². The Morgan fingerprint density at radius 1 is 0.257 bits per heavy atom. The zero-order chi connectivity index (χ0) is 46.9. The minimum atomic E-state index is -0.272. The summed E-state index contributed by atoms with van der Waals surface area (Å²) >= 11 is 0. The molecule has 0 heterocycles. The van der Waals surface area contributed by atoms with Crippen molar-refractivity contribution in [1.82, 2.24) is 0 Å². The van der Waals surface area contributed by atoms with Gasteiger partial charge in [0.15, 0.2) is 0 Å². The molecule has 0 bridgehead atoms. The lowest BCUT2D eigenvalue weighted by molar-refractivity contribution is 0.644. The van der Waals surface area contributed by atoms with Gasteiger partial charge in [0.2, 0.25) is 0 Å². The van der Waals surface area contributed by atoms with E-state index in [4.69, 9.17) is 0 Å². The van der Waals surface area contributed by atoms with Crippen LogP contribution in [0.3, 0.4) is 0 Å². The molecule has 0 atom stereocenters. The second kappa shape index (κ2) is 15.0. The highest BCUT2D eigenvalue weighted by atomic mass is 15.1. The molecule has 0 saturated carbocycles. The fraction of sp³-hybridized carbons (Fsp3) is 0.0882. The second-order valence-corrected chi connectivity index (χ2v) is 20.6. The van der Waals surface area contributed by atoms with Crippen LogP contribution in [-0.4, -0.2) is 0 Å². The number of hydrogen-bond acceptors (Lipinski definition) is 2. The Bertz CT molecular complexity index is 4000. The van der Waals surface area contributed by atoms with Gasteiger partial charge in [-0.15, -0.1) is 0 Å². The van der Waals surface area contributed by atoms with Gasteiger partial charge in [-0.3, -0.25) is 0 Å². The summed E-state index contributed by atoms with van der Waals surface area (Å²) < 4.78 is 0. The number of anilines is 6. The van der Waals surface area contributed by atoms with E-state index in [2.05, 4.69) is 268 Å². The molecule has 0 spiro atoms. The van der Waals surface area contributed by atoms with Crippen molar-refractivity contribution in [2.45, 2.75) is 38.5 Å². The van der Waals surface area contributed by atoms with Gasteiger partial charge in [0, 0.05) is 45.0 Å². The molecule has 0 N–H and O–H groups in total. The molecular formula is C68H50N2. The number of nitrogens with zero attached hydrogens (tertiary/aromatic N) is 2. The molecule has 332 valence electrons. The van der Waals surface area contributed by atoms with Crippen LogP contribution in [0.5, 0.6) is 0 Å². The molecule has 0 fully saturated rings. The Kier molecular flexibility index (Phi) is 8.71. The van der Waals surface area contributed by atoms with Crippen LogP contribution in [0.4, 0.5) is 34.1 Å². The van der Waals surface area contributed by atoms with Crippen LogP contribution < -0.4 is 9.80 Å². The molecular weight excluding hydrogens is 845 g/mol. The van der Waals surface area contributed by atoms with Gasteiger partial charge in [-0.25, -0.2) is 0 Å². The van der Waals surface area contributed by atoms with E-state index in [1.165, 1.54) is 98.4 Å². The summed E-state index contributed by atoms with van der Waals surface area (Å²) in [5.74, 6) is 0. The smallest absolute Gasteiger partial charge is 0.0468 e. The molecule has 12 aromatic rings. The van der Waals surface area contributed by atoms with Crippen LogP contribution in [0, 0.1) is 0 Å². The lowest BCUT2D eigenvalue weighted by Crippen LogP contribution is -2.25. The van der Waals surface area contributed by atoms with E-state index >= 15 is 0 Å². The van der Waals surface area contributed by atoms with Gasteiger partial charge in [0.1, 0.15) is 0 Å². The van der Waals surface area contributed by atoms with Crippen LogP contribution in [0.2, 0.25) is 0 Å². The third-order valence-electron chi connectivity index (χ3n) is 15.9. The van der Waals surface area contributed by atoms with Crippen molar-refractivity contribution in [3.05, 3.63) is 253 Å². The molecule has 0 saturated heterocycles. The minimum Gasteiger partial charge on any atom is -0.310 e. The maximum Gasteiger partial charge on any atom is 0.0468 e. The molecule has 0 aromatic heterocycles. The first-order valence-electron chi connectivity index (χ1n) is 24.7. The Labute approximate surface area is 409 Å². The first-order valence-corrected chi connectivity index (χ1v) is 24.7. The first-order chi connectivity index (χ1) is 34.2. The summed E-state index contributed by atoms with van der Waals surface area (Å²) in [4.78, 5) is 4.90. The molecule has 70 heavy (non-hydrogen) atoms. The third kappa shape index (κ3) is 6.06. The van der Waals surface area contributed by atoms with E-state index in [0.29, 0.717) is 0 Å². The molecule has 2 aliphatic rings. The maximum atomic E-state index is 2.56. The Balaban J connectivity index is 0.931. The average Bonchev–Trinajstić information content (AvgIpc) is 3.62. The molecule has 0 amide bonds. The molecule has 2 nitrogen and oxygen atoms in total. The highest BCUT2D eigenvalue weighted by Crippen LogP contribution is 2.58. The van der Waals surface area contributed by atoms with Crippen molar-refractivity contribution in [3.8, 4) is 22.3 Å². The molecule has 0 unspecified atom stereocenters. The quantitative estimate of drug-likeness (QED) is 0.164. The minimum absolute atomic E-state index is 0.268. The highest BCUT2D eigenvalue weighted by molar-refractivity contribution is 6.13. The number of fused-ring (bicyclic) bond motifs is 10. The van der Waals surface area contributed by atoms with Crippen molar-refractivity contribution < 1.29 is 0 Å². The SMILES string of the molecule is CC1(C)c2cc(N(c3ccc4ccccc4c3)c3ccc4ccccc4c3)ccc2-c2c1cc1c3c(cccc23)C(C)(C)c2cc(N(c3ccc4ccccc4c3)c3ccc4ccccc4c3)ccc2-1. The van der Waals surface area contributed by atoms with Gasteiger partial charge < -0.3 is 9.80 Å². The van der Waals surface area contributed by atoms with Crippen molar-refractivity contribution in [2.24, 2.45) is 0 Å². The van der Waals surface area contributed by atoms with Gasteiger partial charge in [-0.2, -0.15) is 0 Å². The monoisotopic (exact) mass is 894 g/mol. The fourth-order valence-electron chi connectivity index (χ4n) is 12.3. The lowest BCUT2D eigenvalue weighted by atomic mass is 9.67. The summed E-state index contributed by atoms with van der Waals surface area (Å²) in [6.45, 7) is 9.72. The van der Waals surface area contributed by atoms with Gasteiger partial charge in [-0.05, 0) is 177 Å². The predicted octanol–water partition coefficient (Wildman–Crippen LogP) is 19.0. The van der Waals surface area contributed by atoms with Gasteiger partial charge in [0.05, 0.1) is 0 Å².